The molecular formula is C21H19FN2O3S. The molecule has 0 unspecified atom stereocenters. The van der Waals surface area contributed by atoms with Gasteiger partial charge in [0.15, 0.2) is 0 Å². The van der Waals surface area contributed by atoms with Gasteiger partial charge >= 0.3 is 0 Å². The number of amides is 2. The molecule has 0 spiro atoms. The number of methoxy groups -OCH3 is 1. The van der Waals surface area contributed by atoms with Crippen LogP contribution in [0.1, 0.15) is 15.2 Å². The number of thiophene rings is 1. The van der Waals surface area contributed by atoms with Crippen molar-refractivity contribution in [3.63, 3.8) is 0 Å². The molecule has 0 radical (unpaired) electrons. The van der Waals surface area contributed by atoms with E-state index in [4.69, 9.17) is 4.74 Å². The van der Waals surface area contributed by atoms with E-state index >= 15 is 0 Å². The molecule has 2 N–H and O–H groups in total. The first kappa shape index (κ1) is 19.7. The fraction of sp³-hybridized carbons (Fsp3) is 0.143. The highest BCUT2D eigenvalue weighted by Gasteiger charge is 2.11. The summed E-state index contributed by atoms with van der Waals surface area (Å²) in [5.74, 6) is -0.721. The first-order valence-corrected chi connectivity index (χ1v) is 9.38. The van der Waals surface area contributed by atoms with Crippen LogP contribution in [0.25, 0.3) is 10.4 Å². The Morgan fingerprint density at radius 2 is 1.86 bits per heavy atom. The van der Waals surface area contributed by atoms with Gasteiger partial charge in [0, 0.05) is 24.2 Å². The molecule has 0 fully saturated rings. The van der Waals surface area contributed by atoms with Crippen molar-refractivity contribution in [1.82, 2.24) is 5.32 Å². The first-order chi connectivity index (χ1) is 13.5. The molecule has 0 saturated heterocycles. The number of carbonyl (C=O) groups is 2. The zero-order chi connectivity index (χ0) is 19.9. The Balaban J connectivity index is 1.60. The van der Waals surface area contributed by atoms with E-state index in [0.29, 0.717) is 17.1 Å². The SMILES string of the molecule is COCC(=O)Nc1cccc(CNC(=O)c2ccc(-c3ccc(F)cc3)s2)c1. The van der Waals surface area contributed by atoms with Crippen LogP contribution < -0.4 is 10.6 Å². The van der Waals surface area contributed by atoms with Crippen LogP contribution in [0.4, 0.5) is 10.1 Å². The monoisotopic (exact) mass is 398 g/mol. The summed E-state index contributed by atoms with van der Waals surface area (Å²) in [6, 6.07) is 17.0. The zero-order valence-electron chi connectivity index (χ0n) is 15.2. The Hall–Kier alpha value is -3.03. The number of halogens is 1. The molecule has 3 rings (SSSR count). The van der Waals surface area contributed by atoms with Crippen molar-refractivity contribution < 1.29 is 18.7 Å². The molecule has 0 saturated carbocycles. The van der Waals surface area contributed by atoms with Crippen LogP contribution in [0.2, 0.25) is 0 Å². The summed E-state index contributed by atoms with van der Waals surface area (Å²) in [5, 5.41) is 5.60. The summed E-state index contributed by atoms with van der Waals surface area (Å²) in [5.41, 5.74) is 2.37. The molecule has 0 aliphatic rings. The third-order valence-electron chi connectivity index (χ3n) is 3.90. The first-order valence-electron chi connectivity index (χ1n) is 8.57. The van der Waals surface area contributed by atoms with Crippen molar-refractivity contribution in [2.75, 3.05) is 19.0 Å². The van der Waals surface area contributed by atoms with E-state index in [2.05, 4.69) is 10.6 Å². The second-order valence-electron chi connectivity index (χ2n) is 6.04. The predicted molar refractivity (Wildman–Crippen MR) is 108 cm³/mol. The lowest BCUT2D eigenvalue weighted by molar-refractivity contribution is -0.119. The van der Waals surface area contributed by atoms with E-state index in [1.807, 2.05) is 18.2 Å². The third-order valence-corrected chi connectivity index (χ3v) is 5.03. The molecular weight excluding hydrogens is 379 g/mol. The van der Waals surface area contributed by atoms with Crippen LogP contribution in [0.5, 0.6) is 0 Å². The summed E-state index contributed by atoms with van der Waals surface area (Å²) in [6.07, 6.45) is 0. The van der Waals surface area contributed by atoms with E-state index in [1.54, 1.807) is 30.3 Å². The highest BCUT2D eigenvalue weighted by atomic mass is 32.1. The Morgan fingerprint density at radius 3 is 2.61 bits per heavy atom. The van der Waals surface area contributed by atoms with Crippen molar-refractivity contribution >= 4 is 28.8 Å². The number of hydrogen-bond acceptors (Lipinski definition) is 4. The highest BCUT2D eigenvalue weighted by Crippen LogP contribution is 2.28. The van der Waals surface area contributed by atoms with Crippen LogP contribution in [0.3, 0.4) is 0 Å². The molecule has 1 heterocycles. The average molecular weight is 398 g/mol. The number of hydrogen-bond donors (Lipinski definition) is 2. The van der Waals surface area contributed by atoms with Crippen LogP contribution in [0.15, 0.2) is 60.7 Å². The Bertz CT molecular complexity index is 970. The summed E-state index contributed by atoms with van der Waals surface area (Å²) in [4.78, 5) is 25.5. The molecule has 2 amide bonds. The molecule has 144 valence electrons. The normalized spacial score (nSPS) is 10.5. The number of rotatable bonds is 7. The third kappa shape index (κ3) is 5.25. The van der Waals surface area contributed by atoms with Crippen molar-refractivity contribution in [3.05, 3.63) is 76.9 Å². The van der Waals surface area contributed by atoms with Gasteiger partial charge in [0.05, 0.1) is 4.88 Å². The van der Waals surface area contributed by atoms with E-state index in [1.165, 1.54) is 30.6 Å². The molecule has 0 aliphatic heterocycles. The molecule has 7 heteroatoms. The van der Waals surface area contributed by atoms with E-state index < -0.39 is 0 Å². The van der Waals surface area contributed by atoms with Crippen molar-refractivity contribution in [2.45, 2.75) is 6.54 Å². The van der Waals surface area contributed by atoms with Gasteiger partial charge in [-0.1, -0.05) is 24.3 Å². The number of anilines is 1. The molecule has 0 aliphatic carbocycles. The fourth-order valence-corrected chi connectivity index (χ4v) is 3.51. The quantitative estimate of drug-likeness (QED) is 0.630. The van der Waals surface area contributed by atoms with E-state index in [0.717, 1.165) is 16.0 Å². The molecule has 28 heavy (non-hydrogen) atoms. The van der Waals surface area contributed by atoms with Crippen LogP contribution >= 0.6 is 11.3 Å². The van der Waals surface area contributed by atoms with E-state index in [-0.39, 0.29) is 24.2 Å². The van der Waals surface area contributed by atoms with Gasteiger partial charge in [-0.05, 0) is 47.5 Å². The van der Waals surface area contributed by atoms with Gasteiger partial charge in [-0.15, -0.1) is 11.3 Å². The van der Waals surface area contributed by atoms with Gasteiger partial charge in [0.25, 0.3) is 5.91 Å². The van der Waals surface area contributed by atoms with Gasteiger partial charge in [0.1, 0.15) is 12.4 Å². The van der Waals surface area contributed by atoms with Gasteiger partial charge in [-0.3, -0.25) is 9.59 Å². The van der Waals surface area contributed by atoms with Gasteiger partial charge in [-0.2, -0.15) is 0 Å². The molecule has 3 aromatic rings. The predicted octanol–water partition coefficient (Wildman–Crippen LogP) is 4.07. The lowest BCUT2D eigenvalue weighted by Crippen LogP contribution is -2.22. The molecule has 1 aromatic heterocycles. The summed E-state index contributed by atoms with van der Waals surface area (Å²) in [6.45, 7) is 0.312. The second kappa shape index (κ2) is 9.25. The summed E-state index contributed by atoms with van der Waals surface area (Å²) >= 11 is 1.35. The summed E-state index contributed by atoms with van der Waals surface area (Å²) < 4.78 is 17.8. The lowest BCUT2D eigenvalue weighted by Gasteiger charge is -2.08. The van der Waals surface area contributed by atoms with Gasteiger partial charge in [-0.25, -0.2) is 4.39 Å². The van der Waals surface area contributed by atoms with Crippen molar-refractivity contribution in [1.29, 1.82) is 0 Å². The Kier molecular flexibility index (Phi) is 6.52. The van der Waals surface area contributed by atoms with E-state index in [9.17, 15) is 14.0 Å². The van der Waals surface area contributed by atoms with Gasteiger partial charge < -0.3 is 15.4 Å². The number of carbonyl (C=O) groups excluding carboxylic acids is 2. The minimum absolute atomic E-state index is 0.0181. The maximum atomic E-state index is 13.0. The molecule has 5 nitrogen and oxygen atoms in total. The highest BCUT2D eigenvalue weighted by molar-refractivity contribution is 7.17. The Labute approximate surface area is 166 Å². The minimum Gasteiger partial charge on any atom is -0.375 e. The van der Waals surface area contributed by atoms with Crippen molar-refractivity contribution in [2.24, 2.45) is 0 Å². The van der Waals surface area contributed by atoms with Gasteiger partial charge in [0.2, 0.25) is 5.91 Å². The lowest BCUT2D eigenvalue weighted by atomic mass is 10.2. The Morgan fingerprint density at radius 1 is 1.07 bits per heavy atom. The topological polar surface area (TPSA) is 67.4 Å². The molecule has 0 atom stereocenters. The second-order valence-corrected chi connectivity index (χ2v) is 7.12. The average Bonchev–Trinajstić information content (AvgIpc) is 3.17. The molecule has 0 bridgehead atoms. The molecule has 2 aromatic carbocycles. The number of nitrogens with one attached hydrogen (secondary N) is 2. The van der Waals surface area contributed by atoms with Crippen LogP contribution in [-0.4, -0.2) is 25.5 Å². The minimum atomic E-state index is -0.293. The van der Waals surface area contributed by atoms with Crippen LogP contribution in [-0.2, 0) is 16.1 Å². The maximum absolute atomic E-state index is 13.0. The standard InChI is InChI=1S/C21H19FN2O3S/c1-27-13-20(25)24-17-4-2-3-14(11-17)12-23-21(26)19-10-9-18(28-19)15-5-7-16(22)8-6-15/h2-11H,12-13H2,1H3,(H,23,26)(H,24,25). The smallest absolute Gasteiger partial charge is 0.261 e. The maximum Gasteiger partial charge on any atom is 0.261 e. The number of benzene rings is 2. The fourth-order valence-electron chi connectivity index (χ4n) is 2.59. The zero-order valence-corrected chi connectivity index (χ0v) is 16.0. The number of ether oxygens (including phenoxy) is 1. The van der Waals surface area contributed by atoms with Crippen molar-refractivity contribution in [3.8, 4) is 10.4 Å². The summed E-state index contributed by atoms with van der Waals surface area (Å²) in [7, 11) is 1.46. The largest absolute Gasteiger partial charge is 0.375 e. The van der Waals surface area contributed by atoms with Crippen LogP contribution in [0, 0.1) is 5.82 Å².